The van der Waals surface area contributed by atoms with Crippen LogP contribution in [0.2, 0.25) is 0 Å². The van der Waals surface area contributed by atoms with E-state index < -0.39 is 15.9 Å². The lowest BCUT2D eigenvalue weighted by molar-refractivity contribution is -0.114. The maximum absolute atomic E-state index is 11.7. The minimum atomic E-state index is -3.14. The number of methoxy groups -OCH3 is 1. The van der Waals surface area contributed by atoms with Gasteiger partial charge in [-0.05, 0) is 18.2 Å². The Morgan fingerprint density at radius 3 is 2.45 bits per heavy atom. The van der Waals surface area contributed by atoms with Crippen molar-refractivity contribution >= 4 is 33.2 Å². The quantitative estimate of drug-likeness (QED) is 0.715. The average Bonchev–Trinajstić information content (AvgIpc) is 2.36. The molecule has 0 fully saturated rings. The normalized spacial score (nSPS) is 10.7. The molecule has 1 aromatic rings. The second-order valence-electron chi connectivity index (χ2n) is 4.61. The molecule has 0 heterocycles. The first-order valence-corrected chi connectivity index (χ1v) is 8.45. The number of carbonyl (C=O) groups excluding carboxylic acids is 2. The maximum Gasteiger partial charge on any atom is 0.319 e. The summed E-state index contributed by atoms with van der Waals surface area (Å²) >= 11 is 0. The molecule has 0 spiro atoms. The number of anilines is 2. The molecule has 0 atom stereocenters. The fourth-order valence-electron chi connectivity index (χ4n) is 1.60. The van der Waals surface area contributed by atoms with E-state index in [0.29, 0.717) is 17.1 Å². The summed E-state index contributed by atoms with van der Waals surface area (Å²) in [6.07, 6.45) is 1.09. The summed E-state index contributed by atoms with van der Waals surface area (Å²) in [5.41, 5.74) is 0.852. The zero-order valence-electron chi connectivity index (χ0n) is 12.6. The van der Waals surface area contributed by atoms with Crippen molar-refractivity contribution in [3.63, 3.8) is 0 Å². The Hall–Kier alpha value is -2.29. The number of amides is 3. The van der Waals surface area contributed by atoms with Crippen LogP contribution in [0.4, 0.5) is 16.2 Å². The van der Waals surface area contributed by atoms with Crippen molar-refractivity contribution in [2.24, 2.45) is 0 Å². The van der Waals surface area contributed by atoms with E-state index in [1.807, 2.05) is 0 Å². The number of sulfone groups is 1. The molecule has 0 aliphatic rings. The van der Waals surface area contributed by atoms with E-state index in [-0.39, 0.29) is 18.2 Å². The first-order chi connectivity index (χ1) is 10.2. The highest BCUT2D eigenvalue weighted by molar-refractivity contribution is 7.90. The lowest BCUT2D eigenvalue weighted by Gasteiger charge is -2.13. The highest BCUT2D eigenvalue weighted by Crippen LogP contribution is 2.27. The van der Waals surface area contributed by atoms with Crippen molar-refractivity contribution in [1.29, 1.82) is 0 Å². The topological polar surface area (TPSA) is 114 Å². The molecule has 0 unspecified atom stereocenters. The van der Waals surface area contributed by atoms with E-state index in [1.54, 1.807) is 12.1 Å². The predicted molar refractivity (Wildman–Crippen MR) is 84.0 cm³/mol. The van der Waals surface area contributed by atoms with E-state index in [0.717, 1.165) is 6.26 Å². The molecule has 1 rings (SSSR count). The Balaban J connectivity index is 2.73. The molecule has 0 aliphatic carbocycles. The molecule has 1 aromatic carbocycles. The van der Waals surface area contributed by atoms with Crippen molar-refractivity contribution in [2.45, 2.75) is 6.92 Å². The van der Waals surface area contributed by atoms with Crippen LogP contribution in [0.25, 0.3) is 0 Å². The summed E-state index contributed by atoms with van der Waals surface area (Å²) in [5, 5.41) is 7.55. The van der Waals surface area contributed by atoms with Gasteiger partial charge in [-0.2, -0.15) is 0 Å². The lowest BCUT2D eigenvalue weighted by Crippen LogP contribution is -2.32. The summed E-state index contributed by atoms with van der Waals surface area (Å²) in [4.78, 5) is 22.8. The Morgan fingerprint density at radius 2 is 1.91 bits per heavy atom. The molecule has 3 amide bonds. The summed E-state index contributed by atoms with van der Waals surface area (Å²) in [7, 11) is -1.70. The minimum absolute atomic E-state index is 0.00162. The van der Waals surface area contributed by atoms with Gasteiger partial charge in [-0.15, -0.1) is 0 Å². The number of urea groups is 1. The van der Waals surface area contributed by atoms with Gasteiger partial charge in [0.1, 0.15) is 15.6 Å². The first kappa shape index (κ1) is 17.8. The van der Waals surface area contributed by atoms with Crippen molar-refractivity contribution in [1.82, 2.24) is 5.32 Å². The van der Waals surface area contributed by atoms with Crippen molar-refractivity contribution in [3.05, 3.63) is 18.2 Å². The number of nitrogens with one attached hydrogen (secondary N) is 3. The van der Waals surface area contributed by atoms with E-state index in [9.17, 15) is 18.0 Å². The molecule has 9 heteroatoms. The third kappa shape index (κ3) is 6.44. The molecular weight excluding hydrogens is 310 g/mol. The van der Waals surface area contributed by atoms with Gasteiger partial charge >= 0.3 is 6.03 Å². The third-order valence-electron chi connectivity index (χ3n) is 2.53. The van der Waals surface area contributed by atoms with E-state index in [1.165, 1.54) is 20.1 Å². The second kappa shape index (κ2) is 7.64. The van der Waals surface area contributed by atoms with E-state index in [4.69, 9.17) is 4.74 Å². The number of carbonyl (C=O) groups is 2. The van der Waals surface area contributed by atoms with E-state index in [2.05, 4.69) is 16.0 Å². The Kier molecular flexibility index (Phi) is 6.17. The Labute approximate surface area is 129 Å². The number of rotatable bonds is 6. The maximum atomic E-state index is 11.7. The molecule has 8 nitrogen and oxygen atoms in total. The van der Waals surface area contributed by atoms with Crippen LogP contribution in [0.3, 0.4) is 0 Å². The van der Waals surface area contributed by atoms with Gasteiger partial charge in [0.15, 0.2) is 0 Å². The van der Waals surface area contributed by atoms with Crippen LogP contribution in [0.5, 0.6) is 5.75 Å². The molecule has 0 saturated carbocycles. The minimum Gasteiger partial charge on any atom is -0.495 e. The lowest BCUT2D eigenvalue weighted by atomic mass is 10.2. The summed E-state index contributed by atoms with van der Waals surface area (Å²) < 4.78 is 27.1. The smallest absolute Gasteiger partial charge is 0.319 e. The first-order valence-electron chi connectivity index (χ1n) is 6.39. The van der Waals surface area contributed by atoms with Crippen LogP contribution in [-0.4, -0.2) is 46.0 Å². The monoisotopic (exact) mass is 329 g/mol. The van der Waals surface area contributed by atoms with Gasteiger partial charge in [0.25, 0.3) is 0 Å². The summed E-state index contributed by atoms with van der Waals surface area (Å²) in [6.45, 7) is 1.37. The van der Waals surface area contributed by atoms with Gasteiger partial charge in [0.2, 0.25) is 5.91 Å². The van der Waals surface area contributed by atoms with Crippen LogP contribution in [0, 0.1) is 0 Å². The van der Waals surface area contributed by atoms with E-state index >= 15 is 0 Å². The molecule has 3 N–H and O–H groups in total. The van der Waals surface area contributed by atoms with Crippen LogP contribution in [-0.2, 0) is 14.6 Å². The Morgan fingerprint density at radius 1 is 1.23 bits per heavy atom. The molecule has 22 heavy (non-hydrogen) atoms. The molecular formula is C13H19N3O5S. The molecule has 0 aliphatic heterocycles. The number of benzene rings is 1. The third-order valence-corrected chi connectivity index (χ3v) is 3.47. The fourth-order valence-corrected chi connectivity index (χ4v) is 2.08. The van der Waals surface area contributed by atoms with Crippen molar-refractivity contribution in [3.8, 4) is 5.75 Å². The highest BCUT2D eigenvalue weighted by Gasteiger charge is 2.10. The summed E-state index contributed by atoms with van der Waals surface area (Å²) in [5.74, 6) is 0.0184. The van der Waals surface area contributed by atoms with Gasteiger partial charge < -0.3 is 20.7 Å². The SMILES string of the molecule is COc1ccc(NC(C)=O)cc1NC(=O)NCCS(C)(=O)=O. The zero-order chi connectivity index (χ0) is 16.8. The molecule has 0 radical (unpaired) electrons. The predicted octanol–water partition coefficient (Wildman–Crippen LogP) is 0.820. The van der Waals surface area contributed by atoms with Gasteiger partial charge in [-0.25, -0.2) is 13.2 Å². The van der Waals surface area contributed by atoms with Crippen molar-refractivity contribution in [2.75, 3.05) is 36.3 Å². The molecule has 0 saturated heterocycles. The number of hydrogen-bond acceptors (Lipinski definition) is 5. The van der Waals surface area contributed by atoms with Crippen LogP contribution in [0.1, 0.15) is 6.92 Å². The fraction of sp³-hybridized carbons (Fsp3) is 0.385. The molecule has 0 bridgehead atoms. The molecule has 122 valence electrons. The summed E-state index contributed by atoms with van der Waals surface area (Å²) in [6, 6.07) is 4.20. The van der Waals surface area contributed by atoms with Gasteiger partial charge in [-0.1, -0.05) is 0 Å². The van der Waals surface area contributed by atoms with Gasteiger partial charge in [-0.3, -0.25) is 4.79 Å². The largest absolute Gasteiger partial charge is 0.495 e. The van der Waals surface area contributed by atoms with Crippen LogP contribution < -0.4 is 20.7 Å². The van der Waals surface area contributed by atoms with Gasteiger partial charge in [0.05, 0.1) is 18.6 Å². The molecule has 0 aromatic heterocycles. The second-order valence-corrected chi connectivity index (χ2v) is 6.87. The zero-order valence-corrected chi connectivity index (χ0v) is 13.4. The number of hydrogen-bond donors (Lipinski definition) is 3. The van der Waals surface area contributed by atoms with Crippen LogP contribution >= 0.6 is 0 Å². The van der Waals surface area contributed by atoms with Gasteiger partial charge in [0, 0.05) is 25.4 Å². The standard InChI is InChI=1S/C13H19N3O5S/c1-9(17)15-10-4-5-12(21-2)11(8-10)16-13(18)14-6-7-22(3,19)20/h4-5,8H,6-7H2,1-3H3,(H,15,17)(H2,14,16,18). The van der Waals surface area contributed by atoms with Crippen LogP contribution in [0.15, 0.2) is 18.2 Å². The number of ether oxygens (including phenoxy) is 1. The highest BCUT2D eigenvalue weighted by atomic mass is 32.2. The Bertz CT molecular complexity index is 658. The average molecular weight is 329 g/mol. The van der Waals surface area contributed by atoms with Crippen molar-refractivity contribution < 1.29 is 22.7 Å².